The third-order valence-electron chi connectivity index (χ3n) is 4.72. The molecule has 0 aliphatic carbocycles. The number of aryl methyl sites for hydroxylation is 2. The number of nitrogen functional groups attached to an aromatic ring is 1. The molecule has 2 aromatic heterocycles. The summed E-state index contributed by atoms with van der Waals surface area (Å²) in [4.78, 5) is 9.05. The zero-order valence-corrected chi connectivity index (χ0v) is 17.1. The van der Waals surface area contributed by atoms with Gasteiger partial charge in [0.25, 0.3) is 0 Å². The molecular weight excluding hydrogens is 336 g/mol. The molecular formula is C22H32N4O. The molecule has 3 aromatic rings. The monoisotopic (exact) mass is 368 g/mol. The topological polar surface area (TPSA) is 77.0 Å². The summed E-state index contributed by atoms with van der Waals surface area (Å²) < 4.78 is 6.01. The molecule has 0 amide bonds. The fourth-order valence-corrected chi connectivity index (χ4v) is 3.34. The number of fused-ring (bicyclic) bond motifs is 3. The van der Waals surface area contributed by atoms with Crippen molar-refractivity contribution in [3.05, 3.63) is 29.7 Å². The first-order valence-corrected chi connectivity index (χ1v) is 10.1. The third kappa shape index (κ3) is 4.98. The van der Waals surface area contributed by atoms with Crippen LogP contribution in [0.5, 0.6) is 0 Å². The molecule has 1 aromatic carbocycles. The minimum atomic E-state index is 0.201. The summed E-state index contributed by atoms with van der Waals surface area (Å²) in [7, 11) is 0. The minimum Gasteiger partial charge on any atom is -0.440 e. The van der Waals surface area contributed by atoms with Gasteiger partial charge in [-0.1, -0.05) is 19.4 Å². The lowest BCUT2D eigenvalue weighted by molar-refractivity contribution is 0.417. The number of unbranched alkanes of at least 4 members (excludes halogenated alkanes) is 2. The standard InChI is InChI=1S/C22H32N4O/c1-5-9-18-26-19-20(27-18)16-14-15(11-12-17(16)25-21(19)23)10-7-6-8-13-24-22(2,3)4/h11-12,14,24H,5-10,13H2,1-4H3,(H2,23,25). The molecule has 3 N–H and O–H groups in total. The van der Waals surface area contributed by atoms with Gasteiger partial charge < -0.3 is 15.5 Å². The van der Waals surface area contributed by atoms with Crippen LogP contribution in [0.1, 0.15) is 64.8 Å². The summed E-state index contributed by atoms with van der Waals surface area (Å²) in [5.74, 6) is 1.19. The normalized spacial score (nSPS) is 12.3. The molecule has 3 rings (SSSR count). The lowest BCUT2D eigenvalue weighted by Gasteiger charge is -2.20. The van der Waals surface area contributed by atoms with Crippen molar-refractivity contribution in [2.24, 2.45) is 0 Å². The van der Waals surface area contributed by atoms with E-state index >= 15 is 0 Å². The highest BCUT2D eigenvalue weighted by Crippen LogP contribution is 2.29. The molecule has 2 heterocycles. The first-order valence-electron chi connectivity index (χ1n) is 10.1. The van der Waals surface area contributed by atoms with Crippen molar-refractivity contribution < 1.29 is 4.42 Å². The maximum absolute atomic E-state index is 6.09. The molecule has 0 radical (unpaired) electrons. The number of rotatable bonds is 8. The lowest BCUT2D eigenvalue weighted by atomic mass is 10.0. The molecule has 146 valence electrons. The van der Waals surface area contributed by atoms with E-state index in [-0.39, 0.29) is 5.54 Å². The van der Waals surface area contributed by atoms with Crippen LogP contribution in [0.4, 0.5) is 5.82 Å². The maximum Gasteiger partial charge on any atom is 0.195 e. The molecule has 0 unspecified atom stereocenters. The number of nitrogens with two attached hydrogens (primary N) is 1. The van der Waals surface area contributed by atoms with Crippen molar-refractivity contribution in [3.63, 3.8) is 0 Å². The Morgan fingerprint density at radius 1 is 1.07 bits per heavy atom. The zero-order chi connectivity index (χ0) is 19.4. The zero-order valence-electron chi connectivity index (χ0n) is 17.1. The predicted octanol–water partition coefficient (Wildman–Crippen LogP) is 5.01. The lowest BCUT2D eigenvalue weighted by Crippen LogP contribution is -2.36. The van der Waals surface area contributed by atoms with E-state index in [1.54, 1.807) is 0 Å². The fourth-order valence-electron chi connectivity index (χ4n) is 3.34. The van der Waals surface area contributed by atoms with E-state index in [0.717, 1.165) is 48.2 Å². The number of hydrogen-bond acceptors (Lipinski definition) is 5. The summed E-state index contributed by atoms with van der Waals surface area (Å²) in [6.45, 7) is 9.81. The van der Waals surface area contributed by atoms with Gasteiger partial charge in [0.1, 0.15) is 0 Å². The van der Waals surface area contributed by atoms with Crippen LogP contribution in [0.3, 0.4) is 0 Å². The highest BCUT2D eigenvalue weighted by atomic mass is 16.3. The Labute approximate surface area is 161 Å². The number of nitrogens with zero attached hydrogens (tertiary/aromatic N) is 2. The SMILES string of the molecule is CCCc1nc2c(N)nc3ccc(CCCCCNC(C)(C)C)cc3c2o1. The van der Waals surface area contributed by atoms with Crippen molar-refractivity contribution in [1.82, 2.24) is 15.3 Å². The van der Waals surface area contributed by atoms with E-state index in [4.69, 9.17) is 10.2 Å². The Morgan fingerprint density at radius 2 is 1.89 bits per heavy atom. The smallest absolute Gasteiger partial charge is 0.195 e. The first kappa shape index (κ1) is 19.6. The van der Waals surface area contributed by atoms with Crippen molar-refractivity contribution in [2.75, 3.05) is 12.3 Å². The summed E-state index contributed by atoms with van der Waals surface area (Å²) in [5, 5.41) is 4.56. The second kappa shape index (κ2) is 8.26. The van der Waals surface area contributed by atoms with Gasteiger partial charge in [-0.05, 0) is 70.7 Å². The van der Waals surface area contributed by atoms with Crippen LogP contribution in [-0.4, -0.2) is 22.1 Å². The van der Waals surface area contributed by atoms with Crippen molar-refractivity contribution in [1.29, 1.82) is 0 Å². The van der Waals surface area contributed by atoms with Crippen LogP contribution in [0.2, 0.25) is 0 Å². The fraction of sp³-hybridized carbons (Fsp3) is 0.545. The van der Waals surface area contributed by atoms with Gasteiger partial charge in [-0.2, -0.15) is 0 Å². The molecule has 27 heavy (non-hydrogen) atoms. The number of nitrogens with one attached hydrogen (secondary N) is 1. The second-order valence-electron chi connectivity index (χ2n) is 8.37. The van der Waals surface area contributed by atoms with Gasteiger partial charge in [0, 0.05) is 17.3 Å². The first-order chi connectivity index (χ1) is 12.9. The van der Waals surface area contributed by atoms with Crippen LogP contribution < -0.4 is 11.1 Å². The summed E-state index contributed by atoms with van der Waals surface area (Å²) in [6.07, 6.45) is 6.48. The Kier molecular flexibility index (Phi) is 6.00. The van der Waals surface area contributed by atoms with E-state index in [9.17, 15) is 0 Å². The number of benzene rings is 1. The van der Waals surface area contributed by atoms with E-state index in [2.05, 4.69) is 55.1 Å². The van der Waals surface area contributed by atoms with Crippen molar-refractivity contribution in [2.45, 2.75) is 71.8 Å². The molecule has 0 aliphatic heterocycles. The number of anilines is 1. The summed E-state index contributed by atoms with van der Waals surface area (Å²) >= 11 is 0. The summed E-state index contributed by atoms with van der Waals surface area (Å²) in [5.41, 5.74) is 9.94. The Bertz CT molecular complexity index is 908. The van der Waals surface area contributed by atoms with E-state index in [1.807, 2.05) is 6.07 Å². The highest BCUT2D eigenvalue weighted by molar-refractivity contribution is 6.05. The van der Waals surface area contributed by atoms with Crippen LogP contribution >= 0.6 is 0 Å². The molecule has 0 saturated heterocycles. The van der Waals surface area contributed by atoms with Crippen LogP contribution in [0.15, 0.2) is 22.6 Å². The number of oxazole rings is 1. The van der Waals surface area contributed by atoms with Crippen LogP contribution in [0.25, 0.3) is 22.0 Å². The van der Waals surface area contributed by atoms with Gasteiger partial charge in [-0.15, -0.1) is 0 Å². The van der Waals surface area contributed by atoms with Gasteiger partial charge in [0.05, 0.1) is 5.52 Å². The number of pyridine rings is 1. The molecule has 5 heteroatoms. The number of aromatic nitrogens is 2. The molecule has 0 saturated carbocycles. The van der Waals surface area contributed by atoms with E-state index < -0.39 is 0 Å². The largest absolute Gasteiger partial charge is 0.440 e. The quantitative estimate of drug-likeness (QED) is 0.546. The highest BCUT2D eigenvalue weighted by Gasteiger charge is 2.14. The summed E-state index contributed by atoms with van der Waals surface area (Å²) in [6, 6.07) is 6.39. The predicted molar refractivity (Wildman–Crippen MR) is 113 cm³/mol. The maximum atomic E-state index is 6.09. The van der Waals surface area contributed by atoms with Gasteiger partial charge in [-0.3, -0.25) is 0 Å². The third-order valence-corrected chi connectivity index (χ3v) is 4.72. The average molecular weight is 369 g/mol. The van der Waals surface area contributed by atoms with Gasteiger partial charge in [0.2, 0.25) is 0 Å². The van der Waals surface area contributed by atoms with Crippen LogP contribution in [-0.2, 0) is 12.8 Å². The molecule has 0 aliphatic rings. The van der Waals surface area contributed by atoms with Crippen LogP contribution in [0, 0.1) is 0 Å². The van der Waals surface area contributed by atoms with E-state index in [0.29, 0.717) is 11.3 Å². The van der Waals surface area contributed by atoms with Gasteiger partial charge >= 0.3 is 0 Å². The molecule has 0 bridgehead atoms. The number of hydrogen-bond donors (Lipinski definition) is 2. The molecule has 0 atom stereocenters. The van der Waals surface area contributed by atoms with Gasteiger partial charge in [-0.25, -0.2) is 9.97 Å². The van der Waals surface area contributed by atoms with Crippen molar-refractivity contribution >= 4 is 27.8 Å². The Hall–Kier alpha value is -2.14. The second-order valence-corrected chi connectivity index (χ2v) is 8.37. The molecule has 0 spiro atoms. The molecule has 5 nitrogen and oxygen atoms in total. The molecule has 0 fully saturated rings. The van der Waals surface area contributed by atoms with Crippen molar-refractivity contribution in [3.8, 4) is 0 Å². The minimum absolute atomic E-state index is 0.201. The Balaban J connectivity index is 1.70. The Morgan fingerprint density at radius 3 is 2.63 bits per heavy atom. The van der Waals surface area contributed by atoms with E-state index in [1.165, 1.54) is 24.8 Å². The van der Waals surface area contributed by atoms with Gasteiger partial charge in [0.15, 0.2) is 22.8 Å². The average Bonchev–Trinajstić information content (AvgIpc) is 3.03.